The van der Waals surface area contributed by atoms with Gasteiger partial charge in [-0.15, -0.1) is 0 Å². The molecule has 120 valence electrons. The highest BCUT2D eigenvalue weighted by molar-refractivity contribution is 6.01. The van der Waals surface area contributed by atoms with Crippen molar-refractivity contribution in [1.82, 2.24) is 10.6 Å². The van der Waals surface area contributed by atoms with Crippen molar-refractivity contribution in [2.24, 2.45) is 0 Å². The van der Waals surface area contributed by atoms with E-state index in [9.17, 15) is 9.59 Å². The van der Waals surface area contributed by atoms with Crippen molar-refractivity contribution < 1.29 is 9.59 Å². The Hall–Kier alpha value is -2.04. The van der Waals surface area contributed by atoms with Crippen LogP contribution in [-0.2, 0) is 4.79 Å². The summed E-state index contributed by atoms with van der Waals surface area (Å²) in [5.74, 6) is -0.0377. The van der Waals surface area contributed by atoms with E-state index in [4.69, 9.17) is 0 Å². The zero-order valence-electron chi connectivity index (χ0n) is 13.8. The molecule has 0 bridgehead atoms. The Morgan fingerprint density at radius 2 is 1.95 bits per heavy atom. The Balaban J connectivity index is 2.02. The number of amides is 3. The lowest BCUT2D eigenvalue weighted by Gasteiger charge is -2.19. The van der Waals surface area contributed by atoms with Gasteiger partial charge in [-0.1, -0.05) is 13.0 Å². The summed E-state index contributed by atoms with van der Waals surface area (Å²) in [5, 5.41) is 5.61. The van der Waals surface area contributed by atoms with Crippen LogP contribution in [0.5, 0.6) is 0 Å². The zero-order valence-corrected chi connectivity index (χ0v) is 13.8. The maximum atomic E-state index is 12.5. The normalized spacial score (nSPS) is 19.2. The van der Waals surface area contributed by atoms with Crippen LogP contribution in [0.1, 0.15) is 37.8 Å². The Bertz CT molecular complexity index is 551. The van der Waals surface area contributed by atoms with Gasteiger partial charge >= 0.3 is 6.03 Å². The third-order valence-corrected chi connectivity index (χ3v) is 4.02. The molecule has 5 heteroatoms. The van der Waals surface area contributed by atoms with E-state index in [2.05, 4.69) is 16.7 Å². The summed E-state index contributed by atoms with van der Waals surface area (Å²) in [5.41, 5.74) is 3.18. The van der Waals surface area contributed by atoms with Crippen molar-refractivity contribution in [3.8, 4) is 0 Å². The van der Waals surface area contributed by atoms with Crippen LogP contribution in [0.3, 0.4) is 0 Å². The highest BCUT2D eigenvalue weighted by Crippen LogP contribution is 2.24. The van der Waals surface area contributed by atoms with E-state index in [0.29, 0.717) is 13.0 Å². The van der Waals surface area contributed by atoms with Crippen molar-refractivity contribution >= 4 is 17.6 Å². The molecule has 1 aliphatic heterocycles. The van der Waals surface area contributed by atoms with Crippen LogP contribution in [0.25, 0.3) is 0 Å². The lowest BCUT2D eigenvalue weighted by molar-refractivity contribution is -0.118. The first-order chi connectivity index (χ1) is 10.4. The molecule has 1 aromatic rings. The SMILES string of the molecule is CC[C@H](C)NC(=O)N[C@@H]1CCN(c2cc(C)cc(C)c2)C1=O. The highest BCUT2D eigenvalue weighted by Gasteiger charge is 2.33. The predicted molar refractivity (Wildman–Crippen MR) is 88.1 cm³/mol. The molecule has 0 spiro atoms. The van der Waals surface area contributed by atoms with Gasteiger partial charge in [0.1, 0.15) is 6.04 Å². The second-order valence-corrected chi connectivity index (χ2v) is 6.10. The third kappa shape index (κ3) is 3.78. The summed E-state index contributed by atoms with van der Waals surface area (Å²) < 4.78 is 0. The highest BCUT2D eigenvalue weighted by atomic mass is 16.2. The molecule has 0 aromatic heterocycles. The van der Waals surface area contributed by atoms with Crippen LogP contribution in [0.15, 0.2) is 18.2 Å². The molecule has 22 heavy (non-hydrogen) atoms. The minimum atomic E-state index is -0.440. The van der Waals surface area contributed by atoms with Gasteiger partial charge in [-0.3, -0.25) is 4.79 Å². The first kappa shape index (κ1) is 16.3. The quantitative estimate of drug-likeness (QED) is 0.898. The molecule has 1 heterocycles. The van der Waals surface area contributed by atoms with Crippen molar-refractivity contribution in [2.45, 2.75) is 52.6 Å². The number of carbonyl (C=O) groups is 2. The summed E-state index contributed by atoms with van der Waals surface area (Å²) >= 11 is 0. The number of benzene rings is 1. The zero-order chi connectivity index (χ0) is 16.3. The number of hydrogen-bond donors (Lipinski definition) is 2. The number of nitrogens with one attached hydrogen (secondary N) is 2. The molecule has 0 saturated carbocycles. The molecule has 5 nitrogen and oxygen atoms in total. The second kappa shape index (κ2) is 6.81. The van der Waals surface area contributed by atoms with E-state index in [1.165, 1.54) is 0 Å². The molecule has 1 fully saturated rings. The topological polar surface area (TPSA) is 61.4 Å². The molecule has 2 N–H and O–H groups in total. The van der Waals surface area contributed by atoms with Crippen LogP contribution >= 0.6 is 0 Å². The fraction of sp³-hybridized carbons (Fsp3) is 0.529. The minimum Gasteiger partial charge on any atom is -0.336 e. The van der Waals surface area contributed by atoms with Gasteiger partial charge in [0, 0.05) is 18.3 Å². The van der Waals surface area contributed by atoms with Gasteiger partial charge in [0.05, 0.1) is 0 Å². The van der Waals surface area contributed by atoms with Gasteiger partial charge in [-0.2, -0.15) is 0 Å². The van der Waals surface area contributed by atoms with Crippen LogP contribution in [0.2, 0.25) is 0 Å². The van der Waals surface area contributed by atoms with E-state index in [1.807, 2.05) is 39.8 Å². The molecule has 0 aliphatic carbocycles. The third-order valence-electron chi connectivity index (χ3n) is 4.02. The monoisotopic (exact) mass is 303 g/mol. The van der Waals surface area contributed by atoms with Gasteiger partial charge in [0.2, 0.25) is 5.91 Å². The van der Waals surface area contributed by atoms with Crippen molar-refractivity contribution in [1.29, 1.82) is 0 Å². The lowest BCUT2D eigenvalue weighted by atomic mass is 10.1. The maximum absolute atomic E-state index is 12.5. The van der Waals surface area contributed by atoms with Crippen molar-refractivity contribution in [3.63, 3.8) is 0 Å². The molecule has 3 amide bonds. The van der Waals surface area contributed by atoms with Crippen LogP contribution < -0.4 is 15.5 Å². The van der Waals surface area contributed by atoms with E-state index >= 15 is 0 Å². The van der Waals surface area contributed by atoms with E-state index in [1.54, 1.807) is 4.90 Å². The fourth-order valence-electron chi connectivity index (χ4n) is 2.70. The Morgan fingerprint density at radius 1 is 1.32 bits per heavy atom. The fourth-order valence-corrected chi connectivity index (χ4v) is 2.70. The smallest absolute Gasteiger partial charge is 0.315 e. The van der Waals surface area contributed by atoms with Gasteiger partial charge in [-0.25, -0.2) is 4.79 Å². The largest absolute Gasteiger partial charge is 0.336 e. The predicted octanol–water partition coefficient (Wildman–Crippen LogP) is 2.51. The number of urea groups is 1. The van der Waals surface area contributed by atoms with Crippen LogP contribution in [0.4, 0.5) is 10.5 Å². The average molecular weight is 303 g/mol. The molecular formula is C17H25N3O2. The minimum absolute atomic E-state index is 0.0377. The molecule has 1 saturated heterocycles. The van der Waals surface area contributed by atoms with Gasteiger partial charge in [0.15, 0.2) is 0 Å². The number of carbonyl (C=O) groups excluding carboxylic acids is 2. The number of nitrogens with zero attached hydrogens (tertiary/aromatic N) is 1. The molecule has 2 rings (SSSR count). The summed E-state index contributed by atoms with van der Waals surface area (Å²) in [4.78, 5) is 26.1. The Kier molecular flexibility index (Phi) is 5.06. The standard InChI is InChI=1S/C17H25N3O2/c1-5-13(4)18-17(22)19-15-6-7-20(16(15)21)14-9-11(2)8-12(3)10-14/h8-10,13,15H,5-7H2,1-4H3,(H2,18,19,22)/t13-,15+/m0/s1. The summed E-state index contributed by atoms with van der Waals surface area (Å²) in [6.07, 6.45) is 1.50. The molecule has 0 radical (unpaired) electrons. The maximum Gasteiger partial charge on any atom is 0.315 e. The number of aryl methyl sites for hydroxylation is 2. The van der Waals surface area contributed by atoms with Gasteiger partial charge < -0.3 is 15.5 Å². The van der Waals surface area contributed by atoms with Crippen molar-refractivity contribution in [3.05, 3.63) is 29.3 Å². The van der Waals surface area contributed by atoms with Gasteiger partial charge in [-0.05, 0) is 56.9 Å². The Morgan fingerprint density at radius 3 is 2.55 bits per heavy atom. The Labute approximate surface area is 132 Å². The molecular weight excluding hydrogens is 278 g/mol. The van der Waals surface area contributed by atoms with E-state index in [0.717, 1.165) is 23.2 Å². The molecule has 1 aromatic carbocycles. The summed E-state index contributed by atoms with van der Waals surface area (Å²) in [7, 11) is 0. The number of hydrogen-bond acceptors (Lipinski definition) is 2. The summed E-state index contributed by atoms with van der Waals surface area (Å²) in [6.45, 7) is 8.63. The summed E-state index contributed by atoms with van der Waals surface area (Å²) in [6, 6.07) is 5.49. The van der Waals surface area contributed by atoms with Crippen molar-refractivity contribution in [2.75, 3.05) is 11.4 Å². The van der Waals surface area contributed by atoms with Gasteiger partial charge in [0.25, 0.3) is 0 Å². The van der Waals surface area contributed by atoms with E-state index in [-0.39, 0.29) is 18.0 Å². The molecule has 2 atom stereocenters. The molecule has 1 aliphatic rings. The number of anilines is 1. The lowest BCUT2D eigenvalue weighted by Crippen LogP contribution is -2.48. The second-order valence-electron chi connectivity index (χ2n) is 6.10. The first-order valence-corrected chi connectivity index (χ1v) is 7.87. The first-order valence-electron chi connectivity index (χ1n) is 7.87. The molecule has 0 unspecified atom stereocenters. The van der Waals surface area contributed by atoms with E-state index < -0.39 is 6.04 Å². The average Bonchev–Trinajstić information content (AvgIpc) is 2.79. The van der Waals surface area contributed by atoms with Crippen LogP contribution in [-0.4, -0.2) is 30.6 Å². The van der Waals surface area contributed by atoms with Crippen LogP contribution in [0, 0.1) is 13.8 Å². The number of rotatable bonds is 4.